The zero-order valence-electron chi connectivity index (χ0n) is 18.2. The number of unbranched alkanes of at least 4 members (excludes halogenated alkanes) is 3. The van der Waals surface area contributed by atoms with Gasteiger partial charge in [-0.15, -0.1) is 0 Å². The van der Waals surface area contributed by atoms with E-state index in [0.29, 0.717) is 12.3 Å². The number of amides is 1. The molecule has 0 spiro atoms. The van der Waals surface area contributed by atoms with E-state index in [0.717, 1.165) is 17.7 Å². The van der Waals surface area contributed by atoms with Gasteiger partial charge in [-0.1, -0.05) is 71.3 Å². The highest BCUT2D eigenvalue weighted by molar-refractivity contribution is 6.90. The fourth-order valence-electron chi connectivity index (χ4n) is 3.32. The van der Waals surface area contributed by atoms with Crippen LogP contribution < -0.4 is 4.57 Å². The number of oxime groups is 1. The highest BCUT2D eigenvalue weighted by atomic mass is 28.3. The van der Waals surface area contributed by atoms with Crippen molar-refractivity contribution in [1.82, 2.24) is 0 Å². The number of carbonyl (C=O) groups excluding carboxylic acids is 1. The van der Waals surface area contributed by atoms with Gasteiger partial charge in [0.15, 0.2) is 13.9 Å². The quantitative estimate of drug-likeness (QED) is 0.316. The minimum Gasteiger partial charge on any atom is -0.395 e. The Labute approximate surface area is 166 Å². The van der Waals surface area contributed by atoms with Gasteiger partial charge in [0.05, 0.1) is 0 Å². The van der Waals surface area contributed by atoms with Crippen LogP contribution in [-0.4, -0.2) is 26.5 Å². The maximum absolute atomic E-state index is 13.3. The van der Waals surface area contributed by atoms with Crippen LogP contribution in [0.3, 0.4) is 0 Å². The lowest BCUT2D eigenvalue weighted by molar-refractivity contribution is -0.111. The van der Waals surface area contributed by atoms with Gasteiger partial charge < -0.3 is 9.40 Å². The molecule has 1 aliphatic heterocycles. The van der Waals surface area contributed by atoms with E-state index in [-0.39, 0.29) is 10.9 Å². The molecule has 5 heteroatoms. The van der Waals surface area contributed by atoms with Crippen LogP contribution in [0.1, 0.15) is 71.4 Å². The van der Waals surface area contributed by atoms with Gasteiger partial charge >= 0.3 is 0 Å². The molecule has 0 saturated carbocycles. The molecule has 27 heavy (non-hydrogen) atoms. The molecule has 0 aromatic heterocycles. The summed E-state index contributed by atoms with van der Waals surface area (Å²) in [5.41, 5.74) is 3.68. The third-order valence-corrected chi connectivity index (χ3v) is 11.2. The Bertz CT molecular complexity index is 705. The number of benzene rings is 1. The van der Waals surface area contributed by atoms with Gasteiger partial charge in [-0.05, 0) is 42.5 Å². The third kappa shape index (κ3) is 4.45. The molecule has 0 N–H and O–H groups in total. The third-order valence-electron chi connectivity index (χ3n) is 5.96. The first-order valence-corrected chi connectivity index (χ1v) is 13.3. The fourth-order valence-corrected chi connectivity index (χ4v) is 5.40. The number of carbonyl (C=O) groups is 1. The normalized spacial score (nSPS) is 16.2. The second-order valence-electron chi connectivity index (χ2n) is 8.97. The summed E-state index contributed by atoms with van der Waals surface area (Å²) in [5.74, 6) is -0.00632. The molecular formula is C22H36N2O2Si. The molecule has 0 radical (unpaired) electrons. The first kappa shape index (κ1) is 21.7. The van der Waals surface area contributed by atoms with Gasteiger partial charge in [-0.2, -0.15) is 0 Å². The summed E-state index contributed by atoms with van der Waals surface area (Å²) in [5, 5.41) is 4.26. The van der Waals surface area contributed by atoms with Crippen molar-refractivity contribution in [2.24, 2.45) is 5.16 Å². The van der Waals surface area contributed by atoms with Gasteiger partial charge in [0.2, 0.25) is 0 Å². The molecule has 0 aliphatic carbocycles. The van der Waals surface area contributed by atoms with Crippen LogP contribution in [0.15, 0.2) is 23.4 Å². The summed E-state index contributed by atoms with van der Waals surface area (Å²) in [6.45, 7) is 15.8. The number of nitrogens with zero attached hydrogens (tertiary/aromatic N) is 2. The second-order valence-corrected chi connectivity index (χ2v) is 14.0. The average Bonchev–Trinajstić information content (AvgIpc) is 2.87. The van der Waals surface area contributed by atoms with Crippen LogP contribution >= 0.6 is 0 Å². The van der Waals surface area contributed by atoms with Crippen molar-refractivity contribution in [3.8, 4) is 0 Å². The predicted molar refractivity (Wildman–Crippen MR) is 117 cm³/mol. The highest BCUT2D eigenvalue weighted by Gasteiger charge is 2.49. The summed E-state index contributed by atoms with van der Waals surface area (Å²) >= 11 is 0. The number of hydrogen-bond acceptors (Lipinski definition) is 3. The fraction of sp³-hybridized carbons (Fsp3) is 0.636. The number of hydrogen-bond donors (Lipinski definition) is 0. The van der Waals surface area contributed by atoms with E-state index in [4.69, 9.17) is 4.84 Å². The average molecular weight is 389 g/mol. The van der Waals surface area contributed by atoms with Crippen LogP contribution in [0.5, 0.6) is 0 Å². The van der Waals surface area contributed by atoms with Crippen LogP contribution in [0, 0.1) is 0 Å². The molecule has 1 heterocycles. The Kier molecular flexibility index (Phi) is 6.90. The van der Waals surface area contributed by atoms with Crippen LogP contribution in [0.25, 0.3) is 0 Å². The SMILES string of the molecule is CCCCCCc1ccc2c(c1)/C(=N/OCC)C(=O)N2[Si](C)(C)C(C)(C)C. The van der Waals surface area contributed by atoms with Crippen LogP contribution in [-0.2, 0) is 16.1 Å². The summed E-state index contributed by atoms with van der Waals surface area (Å²) in [6, 6.07) is 6.46. The van der Waals surface area contributed by atoms with Gasteiger partial charge in [0.25, 0.3) is 5.91 Å². The second kappa shape index (κ2) is 8.59. The maximum atomic E-state index is 13.3. The van der Waals surface area contributed by atoms with E-state index in [9.17, 15) is 4.79 Å². The Morgan fingerprint density at radius 2 is 1.81 bits per heavy atom. The van der Waals surface area contributed by atoms with Gasteiger partial charge in [0, 0.05) is 11.3 Å². The van der Waals surface area contributed by atoms with Crippen molar-refractivity contribution in [3.63, 3.8) is 0 Å². The van der Waals surface area contributed by atoms with Gasteiger partial charge in [-0.25, -0.2) is 0 Å². The lowest BCUT2D eigenvalue weighted by Gasteiger charge is -2.43. The van der Waals surface area contributed by atoms with Crippen molar-refractivity contribution in [2.45, 2.75) is 84.9 Å². The van der Waals surface area contributed by atoms with Crippen molar-refractivity contribution < 1.29 is 9.63 Å². The topological polar surface area (TPSA) is 41.9 Å². The standard InChI is InChI=1S/C22H36N2O2Si/c1-8-10-11-12-13-17-14-15-19-18(16-17)20(23-26-9-2)21(25)24(19)27(6,7)22(3,4)5/h14-16H,8-13H2,1-7H3/b23-20-. The molecule has 1 aliphatic rings. The summed E-state index contributed by atoms with van der Waals surface area (Å²) in [4.78, 5) is 18.6. The van der Waals surface area contributed by atoms with E-state index in [1.165, 1.54) is 31.2 Å². The van der Waals surface area contributed by atoms with E-state index >= 15 is 0 Å². The van der Waals surface area contributed by atoms with Gasteiger partial charge in [0.1, 0.15) is 6.61 Å². The zero-order chi connectivity index (χ0) is 20.2. The van der Waals surface area contributed by atoms with Crippen LogP contribution in [0.2, 0.25) is 18.1 Å². The Morgan fingerprint density at radius 1 is 1.11 bits per heavy atom. The molecule has 1 aromatic rings. The van der Waals surface area contributed by atoms with Crippen molar-refractivity contribution in [3.05, 3.63) is 29.3 Å². The molecule has 0 fully saturated rings. The first-order chi connectivity index (χ1) is 12.6. The Hall–Kier alpha value is -1.62. The largest absolute Gasteiger partial charge is 0.395 e. The summed E-state index contributed by atoms with van der Waals surface area (Å²) in [7, 11) is -2.07. The zero-order valence-corrected chi connectivity index (χ0v) is 19.2. The molecule has 0 unspecified atom stereocenters. The molecule has 0 atom stereocenters. The number of rotatable bonds is 8. The van der Waals surface area contributed by atoms with E-state index in [1.807, 2.05) is 11.5 Å². The Morgan fingerprint density at radius 3 is 2.41 bits per heavy atom. The van der Waals surface area contributed by atoms with E-state index < -0.39 is 8.24 Å². The lowest BCUT2D eigenvalue weighted by Crippen LogP contribution is -2.57. The van der Waals surface area contributed by atoms with E-state index in [2.05, 4.69) is 64.1 Å². The monoisotopic (exact) mass is 388 g/mol. The number of fused-ring (bicyclic) bond motifs is 1. The van der Waals surface area contributed by atoms with Crippen molar-refractivity contribution >= 4 is 25.5 Å². The molecule has 0 bridgehead atoms. The minimum atomic E-state index is -2.07. The lowest BCUT2D eigenvalue weighted by atomic mass is 10.0. The van der Waals surface area contributed by atoms with Crippen molar-refractivity contribution in [2.75, 3.05) is 11.2 Å². The molecular weight excluding hydrogens is 352 g/mol. The number of anilines is 1. The molecule has 4 nitrogen and oxygen atoms in total. The first-order valence-electron chi connectivity index (χ1n) is 10.3. The molecule has 1 amide bonds. The molecule has 150 valence electrons. The predicted octanol–water partition coefficient (Wildman–Crippen LogP) is 5.90. The maximum Gasteiger partial charge on any atom is 0.273 e. The smallest absolute Gasteiger partial charge is 0.273 e. The Balaban J connectivity index is 2.43. The highest BCUT2D eigenvalue weighted by Crippen LogP contribution is 2.44. The summed E-state index contributed by atoms with van der Waals surface area (Å²) in [6.07, 6.45) is 6.00. The van der Waals surface area contributed by atoms with Gasteiger partial charge in [-0.3, -0.25) is 4.79 Å². The minimum absolute atomic E-state index is 0.00632. The van der Waals surface area contributed by atoms with E-state index in [1.54, 1.807) is 0 Å². The van der Waals surface area contributed by atoms with Crippen LogP contribution in [0.4, 0.5) is 5.69 Å². The molecule has 0 saturated heterocycles. The molecule has 1 aromatic carbocycles. The summed E-state index contributed by atoms with van der Waals surface area (Å²) < 4.78 is 2.04. The van der Waals surface area contributed by atoms with Crippen molar-refractivity contribution in [1.29, 1.82) is 0 Å². The molecule has 2 rings (SSSR count). The number of aryl methyl sites for hydroxylation is 1.